The number of carbonyl (C=O) groups excluding carboxylic acids is 4. The van der Waals surface area contributed by atoms with Crippen molar-refractivity contribution in [2.45, 2.75) is 65.8 Å². The standard InChI is InChI=1S/C24H32N2O6/c1-15(2)25-11-19(9-21(25)27)23(29)31-13-17-5-7-18(8-6-17)14-32-24(30)20-10-22(28)26(12-20)16(3)4/h5-8,15-16,19-20H,9-14H2,1-4H3. The summed E-state index contributed by atoms with van der Waals surface area (Å²) in [6.45, 7) is 8.77. The Kier molecular flexibility index (Phi) is 7.53. The van der Waals surface area contributed by atoms with Gasteiger partial charge < -0.3 is 19.3 Å². The van der Waals surface area contributed by atoms with Crippen molar-refractivity contribution in [3.63, 3.8) is 0 Å². The third-order valence-corrected chi connectivity index (χ3v) is 6.02. The fraction of sp³-hybridized carbons (Fsp3) is 0.583. The van der Waals surface area contributed by atoms with Gasteiger partial charge >= 0.3 is 11.9 Å². The minimum atomic E-state index is -0.419. The summed E-state index contributed by atoms with van der Waals surface area (Å²) in [4.78, 5) is 51.9. The molecule has 0 spiro atoms. The predicted octanol–water partition coefficient (Wildman–Crippen LogP) is 2.29. The van der Waals surface area contributed by atoms with Crippen LogP contribution in [0.5, 0.6) is 0 Å². The molecule has 0 bridgehead atoms. The summed E-state index contributed by atoms with van der Waals surface area (Å²) >= 11 is 0. The van der Waals surface area contributed by atoms with Crippen molar-refractivity contribution in [3.8, 4) is 0 Å². The van der Waals surface area contributed by atoms with Crippen LogP contribution in [0.3, 0.4) is 0 Å². The third kappa shape index (κ3) is 5.66. The van der Waals surface area contributed by atoms with Gasteiger partial charge in [-0.25, -0.2) is 0 Å². The zero-order chi connectivity index (χ0) is 23.4. The molecule has 0 N–H and O–H groups in total. The number of rotatable bonds is 8. The first-order valence-corrected chi connectivity index (χ1v) is 11.2. The number of hydrogen-bond donors (Lipinski definition) is 0. The Balaban J connectivity index is 1.42. The van der Waals surface area contributed by atoms with Crippen molar-refractivity contribution in [2.75, 3.05) is 13.1 Å². The zero-order valence-corrected chi connectivity index (χ0v) is 19.2. The molecule has 1 aromatic carbocycles. The number of nitrogens with zero attached hydrogens (tertiary/aromatic N) is 2. The van der Waals surface area contributed by atoms with Crippen molar-refractivity contribution in [3.05, 3.63) is 35.4 Å². The molecule has 2 unspecified atom stereocenters. The summed E-state index contributed by atoms with van der Waals surface area (Å²) in [5.41, 5.74) is 1.62. The van der Waals surface area contributed by atoms with E-state index in [-0.39, 0.29) is 61.9 Å². The Morgan fingerprint density at radius 3 is 1.41 bits per heavy atom. The van der Waals surface area contributed by atoms with Gasteiger partial charge in [0.05, 0.1) is 11.8 Å². The molecule has 1 aromatic rings. The van der Waals surface area contributed by atoms with Crippen LogP contribution >= 0.6 is 0 Å². The van der Waals surface area contributed by atoms with Crippen LogP contribution in [0.1, 0.15) is 51.7 Å². The molecule has 2 aliphatic rings. The van der Waals surface area contributed by atoms with Crippen LogP contribution in [-0.4, -0.2) is 58.7 Å². The molecular formula is C24H32N2O6. The van der Waals surface area contributed by atoms with Gasteiger partial charge in [-0.15, -0.1) is 0 Å². The minimum absolute atomic E-state index is 0.0141. The van der Waals surface area contributed by atoms with Gasteiger partial charge in [0.2, 0.25) is 11.8 Å². The molecule has 2 saturated heterocycles. The Bertz CT molecular complexity index is 793. The summed E-state index contributed by atoms with van der Waals surface area (Å²) in [7, 11) is 0. The topological polar surface area (TPSA) is 93.2 Å². The summed E-state index contributed by atoms with van der Waals surface area (Å²) in [6, 6.07) is 7.41. The number of carbonyl (C=O) groups is 4. The van der Waals surface area contributed by atoms with E-state index in [4.69, 9.17) is 9.47 Å². The van der Waals surface area contributed by atoms with Gasteiger partial charge in [0, 0.05) is 38.0 Å². The molecule has 0 saturated carbocycles. The molecule has 2 atom stereocenters. The quantitative estimate of drug-likeness (QED) is 0.571. The number of amides is 2. The van der Waals surface area contributed by atoms with Gasteiger partial charge in [0.25, 0.3) is 0 Å². The van der Waals surface area contributed by atoms with E-state index in [0.717, 1.165) is 11.1 Å². The summed E-state index contributed by atoms with van der Waals surface area (Å²) in [6.07, 6.45) is 0.395. The second kappa shape index (κ2) is 10.1. The van der Waals surface area contributed by atoms with Crippen LogP contribution < -0.4 is 0 Å². The molecule has 2 heterocycles. The predicted molar refractivity (Wildman–Crippen MR) is 116 cm³/mol. The lowest BCUT2D eigenvalue weighted by molar-refractivity contribution is -0.150. The van der Waals surface area contributed by atoms with E-state index >= 15 is 0 Å². The molecule has 0 aromatic heterocycles. The molecule has 0 radical (unpaired) electrons. The van der Waals surface area contributed by atoms with Crippen molar-refractivity contribution in [1.29, 1.82) is 0 Å². The summed E-state index contributed by atoms with van der Waals surface area (Å²) < 4.78 is 10.8. The lowest BCUT2D eigenvalue weighted by Gasteiger charge is -2.20. The lowest BCUT2D eigenvalue weighted by Crippen LogP contribution is -2.33. The molecule has 2 aliphatic heterocycles. The number of likely N-dealkylation sites (tertiary alicyclic amines) is 2. The molecule has 8 nitrogen and oxygen atoms in total. The average Bonchev–Trinajstić information content (AvgIpc) is 3.34. The number of ether oxygens (including phenoxy) is 2. The average molecular weight is 445 g/mol. The van der Waals surface area contributed by atoms with E-state index < -0.39 is 11.8 Å². The second-order valence-corrected chi connectivity index (χ2v) is 9.11. The highest BCUT2D eigenvalue weighted by Crippen LogP contribution is 2.23. The first-order valence-electron chi connectivity index (χ1n) is 11.2. The van der Waals surface area contributed by atoms with E-state index in [1.165, 1.54) is 0 Å². The van der Waals surface area contributed by atoms with Crippen LogP contribution in [0.25, 0.3) is 0 Å². The maximum absolute atomic E-state index is 12.3. The van der Waals surface area contributed by atoms with Gasteiger partial charge in [-0.2, -0.15) is 0 Å². The molecule has 2 amide bonds. The maximum atomic E-state index is 12.3. The minimum Gasteiger partial charge on any atom is -0.461 e. The zero-order valence-electron chi connectivity index (χ0n) is 19.2. The number of benzene rings is 1. The monoisotopic (exact) mass is 444 g/mol. The van der Waals surface area contributed by atoms with E-state index in [1.54, 1.807) is 9.80 Å². The van der Waals surface area contributed by atoms with Gasteiger partial charge in [-0.1, -0.05) is 24.3 Å². The van der Waals surface area contributed by atoms with Gasteiger partial charge in [0.15, 0.2) is 0 Å². The van der Waals surface area contributed by atoms with E-state index in [9.17, 15) is 19.2 Å². The molecule has 3 rings (SSSR count). The lowest BCUT2D eigenvalue weighted by atomic mass is 10.1. The third-order valence-electron chi connectivity index (χ3n) is 6.02. The number of hydrogen-bond acceptors (Lipinski definition) is 6. The fourth-order valence-corrected chi connectivity index (χ4v) is 4.05. The van der Waals surface area contributed by atoms with Crippen molar-refractivity contribution < 1.29 is 28.7 Å². The first kappa shape index (κ1) is 23.8. The van der Waals surface area contributed by atoms with Crippen LogP contribution in [0.15, 0.2) is 24.3 Å². The molecule has 0 aliphatic carbocycles. The summed E-state index contributed by atoms with van der Waals surface area (Å²) in [5, 5.41) is 0. The molecule has 8 heteroatoms. The normalized spacial score (nSPS) is 21.1. The van der Waals surface area contributed by atoms with Crippen LogP contribution in [0.2, 0.25) is 0 Å². The Morgan fingerprint density at radius 1 is 0.781 bits per heavy atom. The van der Waals surface area contributed by atoms with Crippen LogP contribution in [-0.2, 0) is 41.9 Å². The van der Waals surface area contributed by atoms with E-state index in [0.29, 0.717) is 13.1 Å². The van der Waals surface area contributed by atoms with Crippen molar-refractivity contribution in [1.82, 2.24) is 9.80 Å². The van der Waals surface area contributed by atoms with E-state index in [1.807, 2.05) is 52.0 Å². The Labute approximate surface area is 188 Å². The Hall–Kier alpha value is -2.90. The molecule has 174 valence electrons. The SMILES string of the molecule is CC(C)N1CC(C(=O)OCc2ccc(COC(=O)C3CC(=O)N(C(C)C)C3)cc2)CC1=O. The van der Waals surface area contributed by atoms with Crippen molar-refractivity contribution in [2.24, 2.45) is 11.8 Å². The first-order chi connectivity index (χ1) is 15.2. The second-order valence-electron chi connectivity index (χ2n) is 9.11. The summed E-state index contributed by atoms with van der Waals surface area (Å²) in [5.74, 6) is -1.59. The van der Waals surface area contributed by atoms with Gasteiger partial charge in [-0.3, -0.25) is 19.2 Å². The van der Waals surface area contributed by atoms with Gasteiger partial charge in [0.1, 0.15) is 13.2 Å². The molecule has 2 fully saturated rings. The maximum Gasteiger partial charge on any atom is 0.311 e. The van der Waals surface area contributed by atoms with Crippen molar-refractivity contribution >= 4 is 23.8 Å². The fourth-order valence-electron chi connectivity index (χ4n) is 4.05. The molecule has 32 heavy (non-hydrogen) atoms. The van der Waals surface area contributed by atoms with Gasteiger partial charge in [-0.05, 0) is 38.8 Å². The Morgan fingerprint density at radius 2 is 1.12 bits per heavy atom. The highest BCUT2D eigenvalue weighted by Gasteiger charge is 2.37. The highest BCUT2D eigenvalue weighted by atomic mass is 16.5. The van der Waals surface area contributed by atoms with Crippen LogP contribution in [0, 0.1) is 11.8 Å². The largest absolute Gasteiger partial charge is 0.461 e. The number of esters is 2. The molecular weight excluding hydrogens is 412 g/mol. The smallest absolute Gasteiger partial charge is 0.311 e. The van der Waals surface area contributed by atoms with E-state index in [2.05, 4.69) is 0 Å². The highest BCUT2D eigenvalue weighted by molar-refractivity contribution is 5.87. The van der Waals surface area contributed by atoms with Crippen LogP contribution in [0.4, 0.5) is 0 Å².